The van der Waals surface area contributed by atoms with Crippen molar-refractivity contribution < 1.29 is 19.0 Å². The molecule has 0 fully saturated rings. The summed E-state index contributed by atoms with van der Waals surface area (Å²) < 4.78 is 19.1. The second-order valence-electron chi connectivity index (χ2n) is 3.47. The van der Waals surface area contributed by atoms with Crippen LogP contribution in [0.15, 0.2) is 21.1 Å². The average Bonchev–Trinajstić information content (AvgIpc) is 2.33. The van der Waals surface area contributed by atoms with Gasteiger partial charge in [-0.3, -0.25) is 0 Å². The van der Waals surface area contributed by atoms with Gasteiger partial charge < -0.3 is 15.6 Å². The first-order valence-corrected chi connectivity index (χ1v) is 6.71. The number of carbonyl (C=O) groups excluding carboxylic acids is 1. The van der Waals surface area contributed by atoms with Gasteiger partial charge in [0.25, 0.3) is 0 Å². The van der Waals surface area contributed by atoms with Crippen LogP contribution in [0.4, 0.5) is 4.39 Å². The van der Waals surface area contributed by atoms with E-state index in [9.17, 15) is 14.3 Å². The van der Waals surface area contributed by atoms with Gasteiger partial charge in [0.2, 0.25) is 6.17 Å². The Labute approximate surface area is 133 Å². The molecule has 0 spiro atoms. The lowest BCUT2D eigenvalue weighted by Gasteiger charge is -2.19. The van der Waals surface area contributed by atoms with Gasteiger partial charge in [0, 0.05) is 10.0 Å². The van der Waals surface area contributed by atoms with E-state index in [0.717, 1.165) is 0 Å². The molecule has 1 rings (SSSR count). The van der Waals surface area contributed by atoms with Gasteiger partial charge in [0.1, 0.15) is 5.75 Å². The third kappa shape index (κ3) is 4.30. The number of esters is 1. The molecular formula is C11H13Br2ClFNO3. The first-order valence-electron chi connectivity index (χ1n) is 5.13. The van der Waals surface area contributed by atoms with Crippen LogP contribution >= 0.6 is 44.3 Å². The van der Waals surface area contributed by atoms with Crippen LogP contribution < -0.4 is 5.73 Å². The maximum atomic E-state index is 13.8. The van der Waals surface area contributed by atoms with Crippen molar-refractivity contribution in [3.05, 3.63) is 26.6 Å². The second kappa shape index (κ2) is 8.04. The van der Waals surface area contributed by atoms with Crippen molar-refractivity contribution in [2.75, 3.05) is 6.61 Å². The van der Waals surface area contributed by atoms with E-state index >= 15 is 0 Å². The highest BCUT2D eigenvalue weighted by Gasteiger charge is 2.31. The van der Waals surface area contributed by atoms with Crippen LogP contribution in [0, 0.1) is 0 Å². The molecule has 0 saturated carbocycles. The SMILES string of the molecule is CCOC(=O)C(F)[C@H](N)c1c(Br)ccc(Br)c1O.Cl. The number of nitrogens with two attached hydrogens (primary N) is 1. The molecule has 0 aliphatic heterocycles. The molecule has 0 radical (unpaired) electrons. The molecule has 0 aromatic heterocycles. The average molecular weight is 421 g/mol. The summed E-state index contributed by atoms with van der Waals surface area (Å²) in [6.45, 7) is 1.64. The highest BCUT2D eigenvalue weighted by Crippen LogP contribution is 2.38. The Morgan fingerprint density at radius 2 is 2.00 bits per heavy atom. The number of halogens is 4. The Hall–Kier alpha value is -0.370. The molecule has 0 bridgehead atoms. The van der Waals surface area contributed by atoms with E-state index in [1.165, 1.54) is 0 Å². The number of carbonyl (C=O) groups is 1. The summed E-state index contributed by atoms with van der Waals surface area (Å²) in [4.78, 5) is 11.3. The molecule has 1 unspecified atom stereocenters. The minimum absolute atomic E-state index is 0. The lowest BCUT2D eigenvalue weighted by molar-refractivity contribution is -0.149. The largest absolute Gasteiger partial charge is 0.506 e. The van der Waals surface area contributed by atoms with Crippen LogP contribution in [0.2, 0.25) is 0 Å². The van der Waals surface area contributed by atoms with Crippen molar-refractivity contribution in [1.82, 2.24) is 0 Å². The zero-order valence-electron chi connectivity index (χ0n) is 9.90. The van der Waals surface area contributed by atoms with Crippen molar-refractivity contribution in [3.8, 4) is 5.75 Å². The summed E-state index contributed by atoms with van der Waals surface area (Å²) >= 11 is 6.26. The Morgan fingerprint density at radius 1 is 1.47 bits per heavy atom. The predicted octanol–water partition coefficient (Wildman–Crippen LogP) is 3.24. The van der Waals surface area contributed by atoms with Crippen molar-refractivity contribution >= 4 is 50.2 Å². The maximum Gasteiger partial charge on any atom is 0.342 e. The summed E-state index contributed by atoms with van der Waals surface area (Å²) in [6, 6.07) is 1.86. The van der Waals surface area contributed by atoms with Crippen molar-refractivity contribution in [1.29, 1.82) is 0 Å². The Kier molecular flexibility index (Phi) is 7.88. The fourth-order valence-corrected chi connectivity index (χ4v) is 2.32. The third-order valence-corrected chi connectivity index (χ3v) is 3.61. The van der Waals surface area contributed by atoms with E-state index in [1.807, 2.05) is 0 Å². The smallest absolute Gasteiger partial charge is 0.342 e. The minimum atomic E-state index is -2.04. The van der Waals surface area contributed by atoms with Crippen LogP contribution in [-0.2, 0) is 9.53 Å². The standard InChI is InChI=1S/C11H12Br2FNO3.ClH/c1-2-18-11(17)8(14)9(15)7-5(12)3-4-6(13)10(7)16;/h3-4,8-9,16H,2,15H2,1H3;1H/t8?,9-;/m1./s1. The van der Waals surface area contributed by atoms with Crippen LogP contribution in [0.3, 0.4) is 0 Å². The third-order valence-electron chi connectivity index (χ3n) is 2.28. The summed E-state index contributed by atoms with van der Waals surface area (Å²) in [5.74, 6) is -1.25. The number of alkyl halides is 1. The molecular weight excluding hydrogens is 408 g/mol. The Morgan fingerprint density at radius 3 is 2.53 bits per heavy atom. The van der Waals surface area contributed by atoms with Crippen LogP contribution in [-0.4, -0.2) is 23.9 Å². The van der Waals surface area contributed by atoms with Gasteiger partial charge in [0.05, 0.1) is 17.1 Å². The zero-order valence-corrected chi connectivity index (χ0v) is 13.9. The van der Waals surface area contributed by atoms with E-state index in [4.69, 9.17) is 5.73 Å². The van der Waals surface area contributed by atoms with Crippen molar-refractivity contribution in [2.24, 2.45) is 5.73 Å². The molecule has 19 heavy (non-hydrogen) atoms. The van der Waals surface area contributed by atoms with Crippen molar-refractivity contribution in [2.45, 2.75) is 19.1 Å². The molecule has 0 aliphatic carbocycles. The molecule has 8 heteroatoms. The lowest BCUT2D eigenvalue weighted by atomic mass is 10.0. The zero-order chi connectivity index (χ0) is 13.9. The molecule has 0 saturated heterocycles. The number of hydrogen-bond acceptors (Lipinski definition) is 4. The molecule has 0 heterocycles. The highest BCUT2D eigenvalue weighted by molar-refractivity contribution is 9.11. The number of hydrogen-bond donors (Lipinski definition) is 2. The molecule has 3 N–H and O–H groups in total. The second-order valence-corrected chi connectivity index (χ2v) is 5.18. The number of ether oxygens (including phenoxy) is 1. The topological polar surface area (TPSA) is 72.5 Å². The fraction of sp³-hybridized carbons (Fsp3) is 0.364. The van der Waals surface area contributed by atoms with Gasteiger partial charge in [-0.05, 0) is 35.0 Å². The van der Waals surface area contributed by atoms with E-state index in [1.54, 1.807) is 19.1 Å². The molecule has 108 valence electrons. The Bertz CT molecular complexity index is 462. The normalized spacial score (nSPS) is 13.3. The van der Waals surface area contributed by atoms with E-state index in [0.29, 0.717) is 8.95 Å². The monoisotopic (exact) mass is 419 g/mol. The van der Waals surface area contributed by atoms with Gasteiger partial charge in [-0.2, -0.15) is 0 Å². The molecule has 2 atom stereocenters. The number of rotatable bonds is 4. The highest BCUT2D eigenvalue weighted by atomic mass is 79.9. The van der Waals surface area contributed by atoms with Crippen LogP contribution in [0.1, 0.15) is 18.5 Å². The number of phenolic OH excluding ortho intramolecular Hbond substituents is 1. The Balaban J connectivity index is 0.00000324. The van der Waals surface area contributed by atoms with Gasteiger partial charge in [0.15, 0.2) is 0 Å². The number of benzene rings is 1. The molecule has 0 amide bonds. The fourth-order valence-electron chi connectivity index (χ4n) is 1.39. The molecule has 4 nitrogen and oxygen atoms in total. The van der Waals surface area contributed by atoms with E-state index in [-0.39, 0.29) is 30.3 Å². The first kappa shape index (κ1) is 18.6. The van der Waals surface area contributed by atoms with Gasteiger partial charge in [-0.1, -0.05) is 15.9 Å². The first-order chi connectivity index (χ1) is 8.40. The number of phenols is 1. The van der Waals surface area contributed by atoms with Crippen molar-refractivity contribution in [3.63, 3.8) is 0 Å². The minimum Gasteiger partial charge on any atom is -0.506 e. The van der Waals surface area contributed by atoms with Gasteiger partial charge in [-0.15, -0.1) is 12.4 Å². The van der Waals surface area contributed by atoms with Crippen LogP contribution in [0.5, 0.6) is 5.75 Å². The van der Waals surface area contributed by atoms with Gasteiger partial charge in [-0.25, -0.2) is 9.18 Å². The van der Waals surface area contributed by atoms with Crippen LogP contribution in [0.25, 0.3) is 0 Å². The quantitative estimate of drug-likeness (QED) is 0.733. The number of aromatic hydroxyl groups is 1. The molecule has 1 aromatic rings. The van der Waals surface area contributed by atoms with Gasteiger partial charge >= 0.3 is 5.97 Å². The summed E-state index contributed by atoms with van der Waals surface area (Å²) in [6.07, 6.45) is -2.04. The van der Waals surface area contributed by atoms with E-state index in [2.05, 4.69) is 36.6 Å². The summed E-state index contributed by atoms with van der Waals surface area (Å²) in [5, 5.41) is 9.83. The summed E-state index contributed by atoms with van der Waals surface area (Å²) in [7, 11) is 0. The lowest BCUT2D eigenvalue weighted by Crippen LogP contribution is -2.31. The van der Waals surface area contributed by atoms with E-state index < -0.39 is 18.2 Å². The molecule has 1 aromatic carbocycles. The maximum absolute atomic E-state index is 13.8. The summed E-state index contributed by atoms with van der Waals surface area (Å²) in [5.41, 5.74) is 5.77. The molecule has 0 aliphatic rings. The predicted molar refractivity (Wildman–Crippen MR) is 79.2 cm³/mol.